The first-order chi connectivity index (χ1) is 14.0. The fourth-order valence-electron chi connectivity index (χ4n) is 3.88. The average Bonchev–Trinajstić information content (AvgIpc) is 2.74. The number of hydrogen-bond donors (Lipinski definition) is 0. The van der Waals surface area contributed by atoms with Crippen molar-refractivity contribution in [2.45, 2.75) is 39.2 Å². The third kappa shape index (κ3) is 4.21. The number of aromatic nitrogens is 3. The van der Waals surface area contributed by atoms with Crippen LogP contribution in [0, 0.1) is 5.92 Å². The van der Waals surface area contributed by atoms with Crippen LogP contribution in [0.2, 0.25) is 0 Å². The Labute approximate surface area is 170 Å². The van der Waals surface area contributed by atoms with E-state index in [0.29, 0.717) is 31.1 Å². The number of nitrogens with zero attached hydrogens (tertiary/aromatic N) is 4. The number of rotatable bonds is 4. The van der Waals surface area contributed by atoms with Gasteiger partial charge in [0.25, 0.3) is 11.5 Å². The van der Waals surface area contributed by atoms with Gasteiger partial charge in [0.05, 0.1) is 17.5 Å². The van der Waals surface area contributed by atoms with E-state index in [1.54, 1.807) is 23.2 Å². The summed E-state index contributed by atoms with van der Waals surface area (Å²) in [6.07, 6.45) is 5.20. The second kappa shape index (κ2) is 8.15. The quantitative estimate of drug-likeness (QED) is 0.684. The zero-order valence-electron chi connectivity index (χ0n) is 16.9. The number of benzene rings is 1. The minimum atomic E-state index is 0.00646. The van der Waals surface area contributed by atoms with E-state index in [1.165, 1.54) is 0 Å². The number of piperidine rings is 1. The highest BCUT2D eigenvalue weighted by atomic mass is 16.2. The first-order valence-electron chi connectivity index (χ1n) is 10.2. The smallest absolute Gasteiger partial charge is 0.253 e. The molecular formula is C23H26N4O2. The SMILES string of the molecule is CC(C)c1cc(=O)n(CC2CCN(C(=O)c3ccc4ncccc4c3)CC2)cn1. The van der Waals surface area contributed by atoms with Gasteiger partial charge in [-0.15, -0.1) is 0 Å². The van der Waals surface area contributed by atoms with Crippen LogP contribution in [0.4, 0.5) is 0 Å². The molecule has 2 aromatic heterocycles. The molecule has 1 fully saturated rings. The van der Waals surface area contributed by atoms with Crippen LogP contribution in [0.3, 0.4) is 0 Å². The minimum Gasteiger partial charge on any atom is -0.339 e. The first kappa shape index (κ1) is 19.3. The molecule has 0 unspecified atom stereocenters. The largest absolute Gasteiger partial charge is 0.339 e. The molecule has 0 spiro atoms. The van der Waals surface area contributed by atoms with Crippen molar-refractivity contribution < 1.29 is 4.79 Å². The molecule has 4 rings (SSSR count). The molecule has 0 bridgehead atoms. The Kier molecular flexibility index (Phi) is 5.43. The monoisotopic (exact) mass is 390 g/mol. The van der Waals surface area contributed by atoms with Gasteiger partial charge in [0.2, 0.25) is 0 Å². The van der Waals surface area contributed by atoms with Gasteiger partial charge in [-0.2, -0.15) is 0 Å². The molecule has 0 saturated carbocycles. The Bertz CT molecular complexity index is 1080. The molecule has 3 aromatic rings. The molecule has 0 aliphatic carbocycles. The number of carbonyl (C=O) groups is 1. The van der Waals surface area contributed by atoms with Crippen molar-refractivity contribution in [3.63, 3.8) is 0 Å². The van der Waals surface area contributed by atoms with Gasteiger partial charge in [0.15, 0.2) is 0 Å². The van der Waals surface area contributed by atoms with Crippen molar-refractivity contribution in [2.75, 3.05) is 13.1 Å². The van der Waals surface area contributed by atoms with Gasteiger partial charge in [0.1, 0.15) is 0 Å². The van der Waals surface area contributed by atoms with Crippen LogP contribution < -0.4 is 5.56 Å². The summed E-state index contributed by atoms with van der Waals surface area (Å²) in [5.41, 5.74) is 2.43. The number of likely N-dealkylation sites (tertiary alicyclic amines) is 1. The zero-order chi connectivity index (χ0) is 20.4. The van der Waals surface area contributed by atoms with E-state index in [9.17, 15) is 9.59 Å². The third-order valence-electron chi connectivity index (χ3n) is 5.70. The summed E-state index contributed by atoms with van der Waals surface area (Å²) in [5.74, 6) is 0.691. The van der Waals surface area contributed by atoms with Crippen LogP contribution in [0.15, 0.2) is 53.7 Å². The van der Waals surface area contributed by atoms with Gasteiger partial charge in [-0.3, -0.25) is 19.1 Å². The maximum Gasteiger partial charge on any atom is 0.253 e. The van der Waals surface area contributed by atoms with Crippen molar-refractivity contribution in [1.29, 1.82) is 0 Å². The molecular weight excluding hydrogens is 364 g/mol. The number of carbonyl (C=O) groups excluding carboxylic acids is 1. The molecule has 150 valence electrons. The highest BCUT2D eigenvalue weighted by molar-refractivity contribution is 5.97. The first-order valence-corrected chi connectivity index (χ1v) is 10.2. The van der Waals surface area contributed by atoms with E-state index in [0.717, 1.165) is 29.4 Å². The molecule has 29 heavy (non-hydrogen) atoms. The number of hydrogen-bond acceptors (Lipinski definition) is 4. The highest BCUT2D eigenvalue weighted by Crippen LogP contribution is 2.22. The fourth-order valence-corrected chi connectivity index (χ4v) is 3.88. The summed E-state index contributed by atoms with van der Waals surface area (Å²) in [5, 5.41) is 0.977. The summed E-state index contributed by atoms with van der Waals surface area (Å²) in [4.78, 5) is 35.9. The van der Waals surface area contributed by atoms with E-state index in [2.05, 4.69) is 9.97 Å². The standard InChI is InChI=1S/C23H26N4O2/c1-16(2)21-13-22(28)27(15-25-21)14-17-7-10-26(11-8-17)23(29)19-5-6-20-18(12-19)4-3-9-24-20/h3-6,9,12-13,15-17H,7-8,10-11,14H2,1-2H3. The Morgan fingerprint density at radius 2 is 1.93 bits per heavy atom. The second-order valence-corrected chi connectivity index (χ2v) is 8.11. The van der Waals surface area contributed by atoms with Crippen LogP contribution in [0.25, 0.3) is 10.9 Å². The summed E-state index contributed by atoms with van der Waals surface area (Å²) < 4.78 is 1.70. The Hall–Kier alpha value is -3.02. The van der Waals surface area contributed by atoms with Gasteiger partial charge in [-0.05, 0) is 48.9 Å². The molecule has 0 N–H and O–H groups in total. The maximum absolute atomic E-state index is 12.9. The van der Waals surface area contributed by atoms with E-state index in [-0.39, 0.29) is 17.4 Å². The number of fused-ring (bicyclic) bond motifs is 1. The summed E-state index contributed by atoms with van der Waals surface area (Å²) in [6, 6.07) is 11.2. The van der Waals surface area contributed by atoms with E-state index < -0.39 is 0 Å². The van der Waals surface area contributed by atoms with Crippen molar-refractivity contribution >= 4 is 16.8 Å². The predicted octanol–water partition coefficient (Wildman–Crippen LogP) is 3.47. The number of pyridine rings is 1. The Morgan fingerprint density at radius 3 is 2.66 bits per heavy atom. The van der Waals surface area contributed by atoms with Gasteiger partial charge in [-0.1, -0.05) is 19.9 Å². The number of amides is 1. The highest BCUT2D eigenvalue weighted by Gasteiger charge is 2.24. The lowest BCUT2D eigenvalue weighted by Gasteiger charge is -2.32. The van der Waals surface area contributed by atoms with Gasteiger partial charge < -0.3 is 4.90 Å². The van der Waals surface area contributed by atoms with Crippen LogP contribution in [0.5, 0.6) is 0 Å². The third-order valence-corrected chi connectivity index (χ3v) is 5.70. The molecule has 6 heteroatoms. The molecule has 1 saturated heterocycles. The molecule has 1 aromatic carbocycles. The molecule has 0 atom stereocenters. The maximum atomic E-state index is 12.9. The van der Waals surface area contributed by atoms with Crippen molar-refractivity contribution in [3.05, 3.63) is 70.5 Å². The normalized spacial score (nSPS) is 15.2. The molecule has 1 amide bonds. The Balaban J connectivity index is 1.38. The van der Waals surface area contributed by atoms with Gasteiger partial charge in [-0.25, -0.2) is 4.98 Å². The topological polar surface area (TPSA) is 68.1 Å². The summed E-state index contributed by atoms with van der Waals surface area (Å²) >= 11 is 0. The fraction of sp³-hybridized carbons (Fsp3) is 0.391. The molecule has 1 aliphatic rings. The molecule has 1 aliphatic heterocycles. The van der Waals surface area contributed by atoms with Crippen LogP contribution in [-0.4, -0.2) is 38.4 Å². The van der Waals surface area contributed by atoms with Crippen molar-refractivity contribution in [1.82, 2.24) is 19.4 Å². The average molecular weight is 390 g/mol. The van der Waals surface area contributed by atoms with Crippen molar-refractivity contribution in [3.8, 4) is 0 Å². The van der Waals surface area contributed by atoms with Crippen LogP contribution >= 0.6 is 0 Å². The van der Waals surface area contributed by atoms with Crippen molar-refractivity contribution in [2.24, 2.45) is 5.92 Å². The van der Waals surface area contributed by atoms with Gasteiger partial charge >= 0.3 is 0 Å². The van der Waals surface area contributed by atoms with E-state index >= 15 is 0 Å². The van der Waals surface area contributed by atoms with E-state index in [4.69, 9.17) is 0 Å². The zero-order valence-corrected chi connectivity index (χ0v) is 16.9. The second-order valence-electron chi connectivity index (χ2n) is 8.11. The van der Waals surface area contributed by atoms with Gasteiger partial charge in [0, 0.05) is 42.8 Å². The predicted molar refractivity (Wildman–Crippen MR) is 113 cm³/mol. The minimum absolute atomic E-state index is 0.00646. The van der Waals surface area contributed by atoms with Crippen LogP contribution in [0.1, 0.15) is 48.7 Å². The molecule has 3 heterocycles. The lowest BCUT2D eigenvalue weighted by molar-refractivity contribution is 0.0682. The summed E-state index contributed by atoms with van der Waals surface area (Å²) in [7, 11) is 0. The molecule has 6 nitrogen and oxygen atoms in total. The van der Waals surface area contributed by atoms with Crippen LogP contribution in [-0.2, 0) is 6.54 Å². The lowest BCUT2D eigenvalue weighted by atomic mass is 9.96. The molecule has 0 radical (unpaired) electrons. The summed E-state index contributed by atoms with van der Waals surface area (Å²) in [6.45, 7) is 6.14. The van der Waals surface area contributed by atoms with E-state index in [1.807, 2.05) is 49.1 Å². The Morgan fingerprint density at radius 1 is 1.14 bits per heavy atom. The lowest BCUT2D eigenvalue weighted by Crippen LogP contribution is -2.40.